The van der Waals surface area contributed by atoms with E-state index >= 15 is 0 Å². The standard InChI is InChI=1S/C20H26O4/c1-20(2,24-14-13-22-18-9-5-3-6-10-18)15-17(21)16-23-19-11-7-4-8-12-19/h3-12,17,21H,13-16H2,1-2H3. The molecule has 0 aliphatic heterocycles. The van der Waals surface area contributed by atoms with Crippen LogP contribution < -0.4 is 9.47 Å². The summed E-state index contributed by atoms with van der Waals surface area (Å²) in [7, 11) is 0. The first kappa shape index (κ1) is 18.3. The third kappa shape index (κ3) is 7.02. The van der Waals surface area contributed by atoms with Gasteiger partial charge in [0.05, 0.1) is 18.3 Å². The summed E-state index contributed by atoms with van der Waals surface area (Å²) in [6, 6.07) is 19.1. The molecule has 1 unspecified atom stereocenters. The lowest BCUT2D eigenvalue weighted by molar-refractivity contribution is -0.0634. The molecule has 4 heteroatoms. The van der Waals surface area contributed by atoms with E-state index in [4.69, 9.17) is 14.2 Å². The van der Waals surface area contributed by atoms with Crippen molar-refractivity contribution >= 4 is 0 Å². The highest BCUT2D eigenvalue weighted by Crippen LogP contribution is 2.18. The van der Waals surface area contributed by atoms with Crippen LogP contribution in [0.15, 0.2) is 60.7 Å². The number of ether oxygens (including phenoxy) is 3. The largest absolute Gasteiger partial charge is 0.491 e. The molecule has 2 aromatic carbocycles. The molecule has 0 fully saturated rings. The molecule has 0 spiro atoms. The molecule has 0 bridgehead atoms. The summed E-state index contributed by atoms with van der Waals surface area (Å²) in [5.41, 5.74) is -0.445. The zero-order chi connectivity index (χ0) is 17.3. The monoisotopic (exact) mass is 330 g/mol. The number of para-hydroxylation sites is 2. The molecule has 0 saturated carbocycles. The first-order valence-corrected chi connectivity index (χ1v) is 8.23. The van der Waals surface area contributed by atoms with E-state index in [1.807, 2.05) is 74.5 Å². The number of aliphatic hydroxyl groups excluding tert-OH is 1. The molecule has 130 valence electrons. The molecule has 0 heterocycles. The van der Waals surface area contributed by atoms with Crippen molar-refractivity contribution in [2.24, 2.45) is 0 Å². The zero-order valence-electron chi connectivity index (χ0n) is 14.4. The molecule has 0 aliphatic rings. The first-order valence-electron chi connectivity index (χ1n) is 8.23. The van der Waals surface area contributed by atoms with Crippen molar-refractivity contribution in [3.63, 3.8) is 0 Å². The average Bonchev–Trinajstić information content (AvgIpc) is 2.58. The minimum Gasteiger partial charge on any atom is -0.491 e. The maximum absolute atomic E-state index is 10.1. The van der Waals surface area contributed by atoms with Gasteiger partial charge in [-0.25, -0.2) is 0 Å². The Labute approximate surface area is 144 Å². The summed E-state index contributed by atoms with van der Waals surface area (Å²) in [5, 5.41) is 10.1. The lowest BCUT2D eigenvalue weighted by Gasteiger charge is -2.28. The van der Waals surface area contributed by atoms with Gasteiger partial charge in [-0.1, -0.05) is 36.4 Å². The van der Waals surface area contributed by atoms with Crippen LogP contribution in [0.4, 0.5) is 0 Å². The molecule has 0 aromatic heterocycles. The lowest BCUT2D eigenvalue weighted by Crippen LogP contribution is -2.34. The predicted molar refractivity (Wildman–Crippen MR) is 94.5 cm³/mol. The fraction of sp³-hybridized carbons (Fsp3) is 0.400. The fourth-order valence-electron chi connectivity index (χ4n) is 2.39. The van der Waals surface area contributed by atoms with Crippen molar-refractivity contribution in [2.75, 3.05) is 19.8 Å². The van der Waals surface area contributed by atoms with Gasteiger partial charge in [0, 0.05) is 6.42 Å². The predicted octanol–water partition coefficient (Wildman–Crippen LogP) is 3.69. The maximum atomic E-state index is 10.1. The van der Waals surface area contributed by atoms with E-state index in [9.17, 15) is 5.11 Å². The molecular weight excluding hydrogens is 304 g/mol. The highest BCUT2D eigenvalue weighted by atomic mass is 16.5. The van der Waals surface area contributed by atoms with E-state index in [2.05, 4.69) is 0 Å². The van der Waals surface area contributed by atoms with Crippen molar-refractivity contribution < 1.29 is 19.3 Å². The first-order chi connectivity index (χ1) is 11.6. The second-order valence-electron chi connectivity index (χ2n) is 6.25. The molecule has 0 radical (unpaired) electrons. The third-order valence-corrected chi connectivity index (χ3v) is 3.50. The number of aliphatic hydroxyl groups is 1. The molecule has 0 saturated heterocycles. The minimum atomic E-state index is -0.588. The van der Waals surface area contributed by atoms with Crippen molar-refractivity contribution in [3.8, 4) is 11.5 Å². The van der Waals surface area contributed by atoms with E-state index in [1.54, 1.807) is 0 Å². The Morgan fingerprint density at radius 2 is 1.38 bits per heavy atom. The quantitative estimate of drug-likeness (QED) is 0.675. The number of hydrogen-bond donors (Lipinski definition) is 1. The summed E-state index contributed by atoms with van der Waals surface area (Å²) in [4.78, 5) is 0. The van der Waals surface area contributed by atoms with Crippen LogP contribution in [0, 0.1) is 0 Å². The molecule has 1 N–H and O–H groups in total. The van der Waals surface area contributed by atoms with Gasteiger partial charge in [-0.2, -0.15) is 0 Å². The minimum absolute atomic E-state index is 0.247. The zero-order valence-corrected chi connectivity index (χ0v) is 14.4. The van der Waals surface area contributed by atoms with E-state index in [1.165, 1.54) is 0 Å². The van der Waals surface area contributed by atoms with Crippen LogP contribution >= 0.6 is 0 Å². The molecule has 0 amide bonds. The molecule has 4 nitrogen and oxygen atoms in total. The van der Waals surface area contributed by atoms with E-state index in [0.717, 1.165) is 11.5 Å². The van der Waals surface area contributed by atoms with E-state index in [0.29, 0.717) is 19.6 Å². The number of benzene rings is 2. The van der Waals surface area contributed by atoms with Crippen molar-refractivity contribution in [3.05, 3.63) is 60.7 Å². The van der Waals surface area contributed by atoms with Gasteiger partial charge in [0.1, 0.15) is 24.7 Å². The Bertz CT molecular complexity index is 569. The Morgan fingerprint density at radius 1 is 0.833 bits per heavy atom. The second kappa shape index (κ2) is 9.30. The van der Waals surface area contributed by atoms with Gasteiger partial charge in [-0.3, -0.25) is 0 Å². The van der Waals surface area contributed by atoms with Gasteiger partial charge in [-0.15, -0.1) is 0 Å². The summed E-state index contributed by atoms with van der Waals surface area (Å²) in [6.07, 6.45) is -0.0965. The van der Waals surface area contributed by atoms with E-state index in [-0.39, 0.29) is 6.61 Å². The SMILES string of the molecule is CC(C)(CC(O)COc1ccccc1)OCCOc1ccccc1. The van der Waals surface area contributed by atoms with Gasteiger partial charge in [0.15, 0.2) is 0 Å². The Hall–Kier alpha value is -2.04. The van der Waals surface area contributed by atoms with E-state index < -0.39 is 11.7 Å². The van der Waals surface area contributed by atoms with Crippen LogP contribution in [0.5, 0.6) is 11.5 Å². The lowest BCUT2D eigenvalue weighted by atomic mass is 10.0. The highest BCUT2D eigenvalue weighted by molar-refractivity contribution is 5.21. The number of hydrogen-bond acceptors (Lipinski definition) is 4. The van der Waals surface area contributed by atoms with Crippen LogP contribution in [-0.4, -0.2) is 36.6 Å². The second-order valence-corrected chi connectivity index (χ2v) is 6.25. The van der Waals surface area contributed by atoms with Crippen molar-refractivity contribution in [1.29, 1.82) is 0 Å². The van der Waals surface area contributed by atoms with Crippen LogP contribution in [0.3, 0.4) is 0 Å². The Balaban J connectivity index is 1.64. The van der Waals surface area contributed by atoms with Crippen LogP contribution in [0.2, 0.25) is 0 Å². The molecule has 1 atom stereocenters. The maximum Gasteiger partial charge on any atom is 0.119 e. The molecule has 24 heavy (non-hydrogen) atoms. The smallest absolute Gasteiger partial charge is 0.119 e. The van der Waals surface area contributed by atoms with Crippen LogP contribution in [-0.2, 0) is 4.74 Å². The van der Waals surface area contributed by atoms with Gasteiger partial charge in [0.2, 0.25) is 0 Å². The Morgan fingerprint density at radius 3 is 1.96 bits per heavy atom. The van der Waals surface area contributed by atoms with Gasteiger partial charge in [0.25, 0.3) is 0 Å². The van der Waals surface area contributed by atoms with Crippen molar-refractivity contribution in [2.45, 2.75) is 32.0 Å². The summed E-state index contributed by atoms with van der Waals surface area (Å²) >= 11 is 0. The fourth-order valence-corrected chi connectivity index (χ4v) is 2.39. The topological polar surface area (TPSA) is 47.9 Å². The van der Waals surface area contributed by atoms with Crippen LogP contribution in [0.25, 0.3) is 0 Å². The van der Waals surface area contributed by atoms with Gasteiger partial charge in [-0.05, 0) is 38.1 Å². The highest BCUT2D eigenvalue weighted by Gasteiger charge is 2.23. The van der Waals surface area contributed by atoms with Crippen molar-refractivity contribution in [1.82, 2.24) is 0 Å². The average molecular weight is 330 g/mol. The molecule has 2 aromatic rings. The van der Waals surface area contributed by atoms with Gasteiger partial charge < -0.3 is 19.3 Å². The molecule has 0 aliphatic carbocycles. The summed E-state index contributed by atoms with van der Waals surface area (Å²) < 4.78 is 17.0. The number of rotatable bonds is 10. The third-order valence-electron chi connectivity index (χ3n) is 3.50. The Kier molecular flexibility index (Phi) is 7.09. The van der Waals surface area contributed by atoms with Crippen LogP contribution in [0.1, 0.15) is 20.3 Å². The normalized spacial score (nSPS) is 12.6. The summed E-state index contributed by atoms with van der Waals surface area (Å²) in [5.74, 6) is 1.58. The molecular formula is C20H26O4. The molecule has 2 rings (SSSR count). The van der Waals surface area contributed by atoms with Gasteiger partial charge >= 0.3 is 0 Å². The summed E-state index contributed by atoms with van der Waals surface area (Å²) in [6.45, 7) is 5.11.